The lowest BCUT2D eigenvalue weighted by Crippen LogP contribution is -2.20. The molecule has 30 heavy (non-hydrogen) atoms. The summed E-state index contributed by atoms with van der Waals surface area (Å²) in [4.78, 5) is 28.3. The van der Waals surface area contributed by atoms with Crippen molar-refractivity contribution in [1.29, 1.82) is 0 Å². The third-order valence-corrected chi connectivity index (χ3v) is 4.64. The van der Waals surface area contributed by atoms with Gasteiger partial charge in [-0.1, -0.05) is 13.8 Å². The van der Waals surface area contributed by atoms with Crippen molar-refractivity contribution >= 4 is 11.4 Å². The summed E-state index contributed by atoms with van der Waals surface area (Å²) in [7, 11) is 1.59. The third-order valence-electron chi connectivity index (χ3n) is 4.64. The number of hydrogen-bond acceptors (Lipinski definition) is 5. The molecular weight excluding hydrogens is 384 g/mol. The molecule has 156 valence electrons. The monoisotopic (exact) mass is 408 g/mol. The summed E-state index contributed by atoms with van der Waals surface area (Å²) in [5.74, 6) is 1.07. The van der Waals surface area contributed by atoms with Gasteiger partial charge in [-0.05, 0) is 49.2 Å². The first kappa shape index (κ1) is 21.0. The molecule has 0 spiro atoms. The Bertz CT molecular complexity index is 1120. The molecule has 0 fully saturated rings. The third kappa shape index (κ3) is 4.32. The van der Waals surface area contributed by atoms with Crippen molar-refractivity contribution in [3.8, 4) is 22.7 Å². The van der Waals surface area contributed by atoms with Gasteiger partial charge in [0.1, 0.15) is 5.75 Å². The zero-order valence-electron chi connectivity index (χ0n) is 17.4. The number of hydrogen-bond donors (Lipinski definition) is 1. The number of nitro benzene ring substituents is 1. The number of nitrogens with zero attached hydrogens (tertiary/aromatic N) is 3. The van der Waals surface area contributed by atoms with Gasteiger partial charge in [0.25, 0.3) is 11.2 Å². The number of aromatic amines is 1. The van der Waals surface area contributed by atoms with Crippen LogP contribution < -0.4 is 10.3 Å². The van der Waals surface area contributed by atoms with Crippen LogP contribution >= 0.6 is 0 Å². The van der Waals surface area contributed by atoms with Crippen molar-refractivity contribution in [2.45, 2.75) is 20.8 Å². The second kappa shape index (κ2) is 8.77. The molecule has 3 rings (SSSR count). The van der Waals surface area contributed by atoms with Gasteiger partial charge in [-0.25, -0.2) is 4.68 Å². The molecule has 0 aliphatic heterocycles. The number of aliphatic imine (C=N–C) groups is 1. The van der Waals surface area contributed by atoms with Crippen molar-refractivity contribution in [3.05, 3.63) is 74.6 Å². The number of nitro groups is 1. The van der Waals surface area contributed by atoms with Crippen LogP contribution in [-0.2, 0) is 0 Å². The molecule has 0 aliphatic rings. The molecule has 0 bridgehead atoms. The van der Waals surface area contributed by atoms with E-state index in [4.69, 9.17) is 4.74 Å². The highest BCUT2D eigenvalue weighted by Crippen LogP contribution is 2.24. The van der Waals surface area contributed by atoms with E-state index in [1.165, 1.54) is 28.9 Å². The highest BCUT2D eigenvalue weighted by atomic mass is 16.6. The Morgan fingerprint density at radius 2 is 1.80 bits per heavy atom. The van der Waals surface area contributed by atoms with E-state index in [1.807, 2.05) is 31.2 Å². The van der Waals surface area contributed by atoms with E-state index < -0.39 is 4.92 Å². The quantitative estimate of drug-likeness (QED) is 0.359. The molecule has 8 heteroatoms. The number of aromatic nitrogens is 2. The van der Waals surface area contributed by atoms with Crippen LogP contribution in [0.4, 0.5) is 5.69 Å². The molecule has 1 N–H and O–H groups in total. The van der Waals surface area contributed by atoms with Crippen molar-refractivity contribution in [1.82, 2.24) is 9.78 Å². The molecule has 0 aliphatic carbocycles. The van der Waals surface area contributed by atoms with E-state index >= 15 is 0 Å². The standard InChI is InChI=1S/C22H24N4O4/c1-14(2)13-23-15(3)20-21(16-5-11-19(30-4)12-6-16)24-25(22(20)27)17-7-9-18(10-8-17)26(28)29/h5-12,14,24H,13H2,1-4H3. The number of nitrogens with one attached hydrogen (secondary N) is 1. The Kier molecular flexibility index (Phi) is 6.15. The first-order valence-electron chi connectivity index (χ1n) is 9.57. The predicted octanol–water partition coefficient (Wildman–Crippen LogP) is 4.21. The Labute approximate surface area is 174 Å². The highest BCUT2D eigenvalue weighted by molar-refractivity contribution is 6.03. The lowest BCUT2D eigenvalue weighted by atomic mass is 10.0. The normalized spacial score (nSPS) is 11.7. The average molecular weight is 408 g/mol. The number of benzene rings is 2. The number of non-ortho nitro benzene ring substituents is 1. The van der Waals surface area contributed by atoms with Crippen molar-refractivity contribution in [3.63, 3.8) is 0 Å². The van der Waals surface area contributed by atoms with Crippen LogP contribution in [0.25, 0.3) is 16.9 Å². The summed E-state index contributed by atoms with van der Waals surface area (Å²) in [6.45, 7) is 6.55. The Morgan fingerprint density at radius 1 is 1.17 bits per heavy atom. The van der Waals surface area contributed by atoms with Crippen LogP contribution in [0.5, 0.6) is 5.75 Å². The molecular formula is C22H24N4O4. The molecule has 0 atom stereocenters. The van der Waals surface area contributed by atoms with E-state index in [1.54, 1.807) is 7.11 Å². The van der Waals surface area contributed by atoms with Gasteiger partial charge in [0.15, 0.2) is 0 Å². The minimum Gasteiger partial charge on any atom is -0.497 e. The first-order valence-corrected chi connectivity index (χ1v) is 9.57. The van der Waals surface area contributed by atoms with E-state index in [-0.39, 0.29) is 11.2 Å². The fourth-order valence-electron chi connectivity index (χ4n) is 3.04. The summed E-state index contributed by atoms with van der Waals surface area (Å²) in [6.07, 6.45) is 0. The second-order valence-electron chi connectivity index (χ2n) is 7.32. The van der Waals surface area contributed by atoms with Crippen LogP contribution in [0.1, 0.15) is 26.3 Å². The number of ether oxygens (including phenoxy) is 1. The minimum absolute atomic E-state index is 0.0383. The number of rotatable bonds is 7. The van der Waals surface area contributed by atoms with Crippen molar-refractivity contribution < 1.29 is 9.66 Å². The lowest BCUT2D eigenvalue weighted by Gasteiger charge is -2.05. The second-order valence-corrected chi connectivity index (χ2v) is 7.32. The van der Waals surface area contributed by atoms with Crippen molar-refractivity contribution in [2.24, 2.45) is 10.9 Å². The van der Waals surface area contributed by atoms with Crippen LogP contribution in [0, 0.1) is 16.0 Å². The number of H-pyrrole nitrogens is 1. The molecule has 3 aromatic rings. The maximum Gasteiger partial charge on any atom is 0.280 e. The zero-order valence-corrected chi connectivity index (χ0v) is 17.4. The van der Waals surface area contributed by atoms with E-state index in [0.29, 0.717) is 40.9 Å². The summed E-state index contributed by atoms with van der Waals surface area (Å²) in [6, 6.07) is 13.2. The first-order chi connectivity index (χ1) is 14.3. The topological polar surface area (TPSA) is 103 Å². The van der Waals surface area contributed by atoms with E-state index in [9.17, 15) is 14.9 Å². The molecule has 0 saturated carbocycles. The fraction of sp³-hybridized carbons (Fsp3) is 0.273. The summed E-state index contributed by atoms with van der Waals surface area (Å²) in [5.41, 5.74) is 2.75. The molecule has 2 aromatic carbocycles. The minimum atomic E-state index is -0.474. The van der Waals surface area contributed by atoms with Crippen LogP contribution in [-0.4, -0.2) is 34.1 Å². The Morgan fingerprint density at radius 3 is 2.33 bits per heavy atom. The van der Waals surface area contributed by atoms with Crippen molar-refractivity contribution in [2.75, 3.05) is 13.7 Å². The lowest BCUT2D eigenvalue weighted by molar-refractivity contribution is -0.384. The molecule has 0 saturated heterocycles. The van der Waals surface area contributed by atoms with Crippen LogP contribution in [0.2, 0.25) is 0 Å². The SMILES string of the molecule is COc1ccc(-c2[nH]n(-c3ccc([N+](=O)[O-])cc3)c(=O)c2C(C)=NCC(C)C)cc1. The van der Waals surface area contributed by atoms with Gasteiger partial charge in [-0.2, -0.15) is 0 Å². The largest absolute Gasteiger partial charge is 0.497 e. The van der Waals surface area contributed by atoms with E-state index in [0.717, 1.165) is 5.56 Å². The average Bonchev–Trinajstić information content (AvgIpc) is 3.09. The smallest absolute Gasteiger partial charge is 0.280 e. The molecule has 8 nitrogen and oxygen atoms in total. The predicted molar refractivity (Wildman–Crippen MR) is 117 cm³/mol. The van der Waals surface area contributed by atoms with Gasteiger partial charge in [0, 0.05) is 30.0 Å². The van der Waals surface area contributed by atoms with Gasteiger partial charge in [-0.3, -0.25) is 25.0 Å². The molecule has 1 aromatic heterocycles. The maximum absolute atomic E-state index is 13.3. The summed E-state index contributed by atoms with van der Waals surface area (Å²) < 4.78 is 6.60. The van der Waals surface area contributed by atoms with Gasteiger partial charge >= 0.3 is 0 Å². The Balaban J connectivity index is 2.16. The molecule has 1 heterocycles. The fourth-order valence-corrected chi connectivity index (χ4v) is 3.04. The van der Waals surface area contributed by atoms with Crippen LogP contribution in [0.15, 0.2) is 58.3 Å². The molecule has 0 unspecified atom stereocenters. The van der Waals surface area contributed by atoms with Gasteiger partial charge in [0.2, 0.25) is 0 Å². The zero-order chi connectivity index (χ0) is 21.8. The van der Waals surface area contributed by atoms with Gasteiger partial charge < -0.3 is 4.74 Å². The molecule has 0 amide bonds. The molecule has 0 radical (unpaired) electrons. The highest BCUT2D eigenvalue weighted by Gasteiger charge is 2.20. The van der Waals surface area contributed by atoms with E-state index in [2.05, 4.69) is 23.9 Å². The number of methoxy groups -OCH3 is 1. The maximum atomic E-state index is 13.3. The van der Waals surface area contributed by atoms with Gasteiger partial charge in [-0.15, -0.1) is 0 Å². The summed E-state index contributed by atoms with van der Waals surface area (Å²) >= 11 is 0. The van der Waals surface area contributed by atoms with Gasteiger partial charge in [0.05, 0.1) is 29.0 Å². The Hall–Kier alpha value is -3.68. The van der Waals surface area contributed by atoms with Crippen LogP contribution in [0.3, 0.4) is 0 Å². The summed E-state index contributed by atoms with van der Waals surface area (Å²) in [5, 5.41) is 14.1.